The number of aromatic nitrogens is 3. The first-order valence-corrected chi connectivity index (χ1v) is 4.90. The van der Waals surface area contributed by atoms with Gasteiger partial charge in [-0.2, -0.15) is 5.10 Å². The topological polar surface area (TPSA) is 50.7 Å². The van der Waals surface area contributed by atoms with Crippen LogP contribution in [-0.4, -0.2) is 20.7 Å². The highest BCUT2D eigenvalue weighted by molar-refractivity contribution is 5.90. The fraction of sp³-hybridized carbons (Fsp3) is 0.364. The molecule has 0 unspecified atom stereocenters. The van der Waals surface area contributed by atoms with Crippen LogP contribution >= 0.6 is 0 Å². The van der Waals surface area contributed by atoms with Crippen molar-refractivity contribution in [2.45, 2.75) is 26.3 Å². The second-order valence-corrected chi connectivity index (χ2v) is 4.53. The van der Waals surface area contributed by atoms with Crippen LogP contribution in [0.25, 0.3) is 10.8 Å². The molecule has 0 aliphatic carbocycles. The van der Waals surface area contributed by atoms with E-state index in [0.29, 0.717) is 0 Å². The highest BCUT2D eigenvalue weighted by Gasteiger charge is 2.12. The molecule has 0 aliphatic rings. The molecule has 4 nitrogen and oxygen atoms in total. The van der Waals surface area contributed by atoms with Crippen molar-refractivity contribution in [3.8, 4) is 0 Å². The molecule has 2 aromatic heterocycles. The summed E-state index contributed by atoms with van der Waals surface area (Å²) in [5.74, 6) is 0.808. The van der Waals surface area contributed by atoms with Gasteiger partial charge in [0.2, 0.25) is 0 Å². The third-order valence-electron chi connectivity index (χ3n) is 1.95. The van der Waals surface area contributed by atoms with Gasteiger partial charge in [0.25, 0.3) is 0 Å². The summed E-state index contributed by atoms with van der Waals surface area (Å²) in [5.41, 5.74) is -0.0216. The molecule has 0 atom stereocenters. The van der Waals surface area contributed by atoms with Crippen molar-refractivity contribution in [2.75, 3.05) is 5.32 Å². The van der Waals surface area contributed by atoms with Crippen LogP contribution < -0.4 is 5.32 Å². The average molecular weight is 202 g/mol. The Bertz CT molecular complexity index is 468. The van der Waals surface area contributed by atoms with Crippen molar-refractivity contribution in [2.24, 2.45) is 0 Å². The summed E-state index contributed by atoms with van der Waals surface area (Å²) in [6, 6.07) is 1.94. The molecule has 0 saturated heterocycles. The fourth-order valence-corrected chi connectivity index (χ4v) is 1.38. The maximum Gasteiger partial charge on any atom is 0.157 e. The van der Waals surface area contributed by atoms with Crippen LogP contribution in [-0.2, 0) is 0 Å². The lowest BCUT2D eigenvalue weighted by atomic mass is 10.1. The third kappa shape index (κ3) is 2.21. The first-order chi connectivity index (χ1) is 7.06. The molecule has 0 aromatic carbocycles. The van der Waals surface area contributed by atoms with E-state index in [2.05, 4.69) is 41.3 Å². The van der Waals surface area contributed by atoms with Crippen LogP contribution in [0.5, 0.6) is 0 Å². The van der Waals surface area contributed by atoms with Crippen molar-refractivity contribution in [3.63, 3.8) is 0 Å². The van der Waals surface area contributed by atoms with Crippen LogP contribution in [0.2, 0.25) is 0 Å². The number of rotatable bonds is 1. The molecule has 2 rings (SSSR count). The molecule has 4 heteroatoms. The highest BCUT2D eigenvalue weighted by Crippen LogP contribution is 2.21. The molecule has 2 heterocycles. The summed E-state index contributed by atoms with van der Waals surface area (Å²) in [7, 11) is 0. The van der Waals surface area contributed by atoms with Gasteiger partial charge in [0.15, 0.2) is 5.82 Å². The van der Waals surface area contributed by atoms with Crippen LogP contribution in [0, 0.1) is 0 Å². The number of hydrogen-bond acceptors (Lipinski definition) is 4. The highest BCUT2D eigenvalue weighted by atomic mass is 15.2. The molecular weight excluding hydrogens is 188 g/mol. The lowest BCUT2D eigenvalue weighted by molar-refractivity contribution is 0.629. The van der Waals surface area contributed by atoms with Gasteiger partial charge in [0.1, 0.15) is 0 Å². The summed E-state index contributed by atoms with van der Waals surface area (Å²) in [6.45, 7) is 6.28. The second kappa shape index (κ2) is 3.46. The van der Waals surface area contributed by atoms with Gasteiger partial charge in [0.05, 0.1) is 6.20 Å². The lowest BCUT2D eigenvalue weighted by Gasteiger charge is -2.21. The van der Waals surface area contributed by atoms with Gasteiger partial charge in [-0.3, -0.25) is 4.98 Å². The predicted octanol–water partition coefficient (Wildman–Crippen LogP) is 2.24. The number of pyridine rings is 1. The van der Waals surface area contributed by atoms with Crippen molar-refractivity contribution < 1.29 is 0 Å². The Morgan fingerprint density at radius 1 is 1.20 bits per heavy atom. The Hall–Kier alpha value is -1.71. The number of nitrogens with zero attached hydrogens (tertiary/aromatic N) is 3. The average Bonchev–Trinajstić information content (AvgIpc) is 2.16. The van der Waals surface area contributed by atoms with Gasteiger partial charge in [-0.05, 0) is 26.8 Å². The molecule has 15 heavy (non-hydrogen) atoms. The second-order valence-electron chi connectivity index (χ2n) is 4.53. The van der Waals surface area contributed by atoms with Crippen LogP contribution in [0.1, 0.15) is 20.8 Å². The van der Waals surface area contributed by atoms with E-state index in [1.54, 1.807) is 18.6 Å². The Balaban J connectivity index is 2.52. The quantitative estimate of drug-likeness (QED) is 0.770. The predicted molar refractivity (Wildman–Crippen MR) is 60.7 cm³/mol. The van der Waals surface area contributed by atoms with Gasteiger partial charge in [-0.25, -0.2) is 0 Å². The molecule has 2 aromatic rings. The van der Waals surface area contributed by atoms with Gasteiger partial charge in [-0.1, -0.05) is 0 Å². The fourth-order valence-electron chi connectivity index (χ4n) is 1.38. The Morgan fingerprint density at radius 2 is 2.00 bits per heavy atom. The Labute approximate surface area is 88.8 Å². The lowest BCUT2D eigenvalue weighted by Crippen LogP contribution is -2.27. The first-order valence-electron chi connectivity index (χ1n) is 4.90. The Morgan fingerprint density at radius 3 is 2.73 bits per heavy atom. The van der Waals surface area contributed by atoms with E-state index < -0.39 is 0 Å². The zero-order valence-electron chi connectivity index (χ0n) is 9.15. The minimum Gasteiger partial charge on any atom is -0.363 e. The van der Waals surface area contributed by atoms with E-state index in [1.165, 1.54) is 0 Å². The largest absolute Gasteiger partial charge is 0.363 e. The summed E-state index contributed by atoms with van der Waals surface area (Å²) >= 11 is 0. The van der Waals surface area contributed by atoms with E-state index in [-0.39, 0.29) is 5.54 Å². The number of nitrogens with one attached hydrogen (secondary N) is 1. The van der Waals surface area contributed by atoms with Crippen LogP contribution in [0.3, 0.4) is 0 Å². The normalized spacial score (nSPS) is 11.7. The van der Waals surface area contributed by atoms with Gasteiger partial charge >= 0.3 is 0 Å². The van der Waals surface area contributed by atoms with Crippen molar-refractivity contribution >= 4 is 16.6 Å². The molecule has 0 saturated carbocycles. The summed E-state index contributed by atoms with van der Waals surface area (Å²) in [4.78, 5) is 4.05. The molecule has 0 amide bonds. The zero-order chi connectivity index (χ0) is 10.9. The monoisotopic (exact) mass is 202 g/mol. The van der Waals surface area contributed by atoms with Crippen molar-refractivity contribution in [1.29, 1.82) is 0 Å². The summed E-state index contributed by atoms with van der Waals surface area (Å²) in [6.07, 6.45) is 5.27. The first kappa shape index (κ1) is 9.83. The molecular formula is C11H14N4. The van der Waals surface area contributed by atoms with Crippen molar-refractivity contribution in [1.82, 2.24) is 15.2 Å². The minimum atomic E-state index is -0.0216. The van der Waals surface area contributed by atoms with E-state index in [4.69, 9.17) is 0 Å². The number of anilines is 1. The smallest absolute Gasteiger partial charge is 0.157 e. The van der Waals surface area contributed by atoms with Crippen LogP contribution in [0.15, 0.2) is 24.7 Å². The van der Waals surface area contributed by atoms with Gasteiger partial charge in [0, 0.05) is 28.7 Å². The minimum absolute atomic E-state index is 0.0216. The molecule has 1 N–H and O–H groups in total. The standard InChI is InChI=1S/C11H14N4/c1-11(2,3)14-10-9-4-5-12-6-8(9)7-13-15-10/h4-7H,1-3H3,(H,14,15). The van der Waals surface area contributed by atoms with Gasteiger partial charge in [-0.15, -0.1) is 5.10 Å². The summed E-state index contributed by atoms with van der Waals surface area (Å²) < 4.78 is 0. The maximum absolute atomic E-state index is 4.10. The SMILES string of the molecule is CC(C)(C)Nc1nncc2cnccc12. The third-order valence-corrected chi connectivity index (χ3v) is 1.95. The number of fused-ring (bicyclic) bond motifs is 1. The maximum atomic E-state index is 4.10. The molecule has 0 fully saturated rings. The van der Waals surface area contributed by atoms with E-state index in [9.17, 15) is 0 Å². The molecule has 0 radical (unpaired) electrons. The van der Waals surface area contributed by atoms with Crippen LogP contribution in [0.4, 0.5) is 5.82 Å². The van der Waals surface area contributed by atoms with E-state index in [1.807, 2.05) is 6.07 Å². The summed E-state index contributed by atoms with van der Waals surface area (Å²) in [5, 5.41) is 13.4. The van der Waals surface area contributed by atoms with E-state index >= 15 is 0 Å². The van der Waals surface area contributed by atoms with Gasteiger partial charge < -0.3 is 5.32 Å². The number of hydrogen-bond donors (Lipinski definition) is 1. The molecule has 0 spiro atoms. The molecule has 78 valence electrons. The van der Waals surface area contributed by atoms with E-state index in [0.717, 1.165) is 16.6 Å². The Kier molecular flexibility index (Phi) is 2.26. The zero-order valence-corrected chi connectivity index (χ0v) is 9.15. The van der Waals surface area contributed by atoms with Crippen molar-refractivity contribution in [3.05, 3.63) is 24.7 Å². The molecule has 0 aliphatic heterocycles. The molecule has 0 bridgehead atoms.